The second-order valence-electron chi connectivity index (χ2n) is 4.24. The number of likely N-dealkylation sites (tertiary alicyclic amines) is 1. The van der Waals surface area contributed by atoms with Crippen LogP contribution in [0.4, 0.5) is 0 Å². The second kappa shape index (κ2) is 5.70. The topological polar surface area (TPSA) is 48.1 Å². The molecule has 0 saturated carbocycles. The summed E-state index contributed by atoms with van der Waals surface area (Å²) < 4.78 is 0. The van der Waals surface area contributed by atoms with Crippen molar-refractivity contribution in [3.05, 3.63) is 24.0 Å². The number of piperidine rings is 1. The molecule has 1 aromatic heterocycles. The summed E-state index contributed by atoms with van der Waals surface area (Å²) >= 11 is 0. The van der Waals surface area contributed by atoms with Crippen LogP contribution in [0.2, 0.25) is 0 Å². The summed E-state index contributed by atoms with van der Waals surface area (Å²) in [5.74, 6) is 0.228. The monoisotopic (exact) mass is 221 g/mol. The Bertz CT molecular complexity index is 315. The van der Waals surface area contributed by atoms with E-state index in [0.29, 0.717) is 6.54 Å². The molecule has 0 bridgehead atoms. The maximum Gasteiger partial charge on any atom is 0.236 e. The van der Waals surface area contributed by atoms with Crippen molar-refractivity contribution in [1.29, 1.82) is 0 Å². The van der Waals surface area contributed by atoms with Gasteiger partial charge in [-0.05, 0) is 31.4 Å². The van der Waals surface area contributed by atoms with E-state index in [2.05, 4.69) is 10.3 Å². The van der Waals surface area contributed by atoms with E-state index in [0.717, 1.165) is 38.2 Å². The fraction of sp³-hybridized carbons (Fsp3) is 0.583. The molecule has 0 aromatic carbocycles. The number of nitrogens with one attached hydrogen (secondary N) is 2. The van der Waals surface area contributed by atoms with Crippen molar-refractivity contribution >= 4 is 5.91 Å². The molecule has 1 amide bonds. The Balaban J connectivity index is 1.67. The molecule has 4 nitrogen and oxygen atoms in total. The minimum absolute atomic E-state index is 0.228. The van der Waals surface area contributed by atoms with Crippen LogP contribution < -0.4 is 5.32 Å². The van der Waals surface area contributed by atoms with Crippen LogP contribution in [0, 0.1) is 0 Å². The maximum absolute atomic E-state index is 11.8. The van der Waals surface area contributed by atoms with E-state index in [-0.39, 0.29) is 5.91 Å². The molecule has 1 aliphatic heterocycles. The van der Waals surface area contributed by atoms with Crippen LogP contribution in [0.3, 0.4) is 0 Å². The molecule has 88 valence electrons. The van der Waals surface area contributed by atoms with Crippen LogP contribution in [0.25, 0.3) is 0 Å². The zero-order chi connectivity index (χ0) is 11.2. The number of hydrogen-bond donors (Lipinski definition) is 2. The Morgan fingerprint density at radius 1 is 1.38 bits per heavy atom. The zero-order valence-electron chi connectivity index (χ0n) is 9.54. The van der Waals surface area contributed by atoms with Crippen LogP contribution in [-0.2, 0) is 11.3 Å². The Morgan fingerprint density at radius 3 is 2.88 bits per heavy atom. The van der Waals surface area contributed by atoms with E-state index in [1.165, 1.54) is 6.42 Å². The number of nitrogens with zero attached hydrogens (tertiary/aromatic N) is 1. The van der Waals surface area contributed by atoms with Crippen molar-refractivity contribution < 1.29 is 4.79 Å². The normalized spacial score (nSPS) is 16.4. The Hall–Kier alpha value is -1.29. The first-order valence-corrected chi connectivity index (χ1v) is 5.97. The van der Waals surface area contributed by atoms with Crippen LogP contribution in [0.5, 0.6) is 0 Å². The van der Waals surface area contributed by atoms with Gasteiger partial charge >= 0.3 is 0 Å². The molecule has 2 N–H and O–H groups in total. The lowest BCUT2D eigenvalue weighted by atomic mass is 10.1. The largest absolute Gasteiger partial charge is 0.364 e. The minimum atomic E-state index is 0.228. The van der Waals surface area contributed by atoms with Gasteiger partial charge in [0.05, 0.1) is 6.54 Å². The molecule has 2 heterocycles. The summed E-state index contributed by atoms with van der Waals surface area (Å²) in [4.78, 5) is 16.8. The molecule has 2 rings (SSSR count). The molecule has 0 aliphatic carbocycles. The molecule has 4 heteroatoms. The van der Waals surface area contributed by atoms with E-state index in [9.17, 15) is 4.79 Å². The highest BCUT2D eigenvalue weighted by atomic mass is 16.2. The van der Waals surface area contributed by atoms with Gasteiger partial charge < -0.3 is 15.2 Å². The third-order valence-corrected chi connectivity index (χ3v) is 2.96. The first-order chi connectivity index (χ1) is 7.86. The van der Waals surface area contributed by atoms with E-state index < -0.39 is 0 Å². The van der Waals surface area contributed by atoms with Crippen molar-refractivity contribution in [3.8, 4) is 0 Å². The standard InChI is InChI=1S/C12H19N3O/c16-12(15-7-2-1-3-8-15)10-13-9-11-5-4-6-14-11/h4-6,13-14H,1-3,7-10H2. The number of aromatic amines is 1. The quantitative estimate of drug-likeness (QED) is 0.800. The Morgan fingerprint density at radius 2 is 2.19 bits per heavy atom. The van der Waals surface area contributed by atoms with Gasteiger partial charge in [0, 0.05) is 31.5 Å². The molecular formula is C12H19N3O. The fourth-order valence-corrected chi connectivity index (χ4v) is 2.04. The van der Waals surface area contributed by atoms with Crippen molar-refractivity contribution in [2.75, 3.05) is 19.6 Å². The molecule has 0 atom stereocenters. The fourth-order valence-electron chi connectivity index (χ4n) is 2.04. The second-order valence-corrected chi connectivity index (χ2v) is 4.24. The lowest BCUT2D eigenvalue weighted by molar-refractivity contribution is -0.131. The number of hydrogen-bond acceptors (Lipinski definition) is 2. The maximum atomic E-state index is 11.8. The highest BCUT2D eigenvalue weighted by Crippen LogP contribution is 2.08. The summed E-state index contributed by atoms with van der Waals surface area (Å²) in [5, 5.41) is 3.16. The Labute approximate surface area is 96.0 Å². The summed E-state index contributed by atoms with van der Waals surface area (Å²) in [6.07, 6.45) is 5.47. The van der Waals surface area contributed by atoms with Gasteiger partial charge in [0.1, 0.15) is 0 Å². The highest BCUT2D eigenvalue weighted by molar-refractivity contribution is 5.78. The van der Waals surface area contributed by atoms with Crippen molar-refractivity contribution in [1.82, 2.24) is 15.2 Å². The summed E-state index contributed by atoms with van der Waals surface area (Å²) in [7, 11) is 0. The average molecular weight is 221 g/mol. The average Bonchev–Trinajstić information content (AvgIpc) is 2.83. The number of rotatable bonds is 4. The molecule has 16 heavy (non-hydrogen) atoms. The molecule has 1 aromatic rings. The number of carbonyl (C=O) groups excluding carboxylic acids is 1. The Kier molecular flexibility index (Phi) is 3.99. The van der Waals surface area contributed by atoms with Gasteiger partial charge in [0.25, 0.3) is 0 Å². The molecule has 0 spiro atoms. The lowest BCUT2D eigenvalue weighted by Gasteiger charge is -2.26. The minimum Gasteiger partial charge on any atom is -0.364 e. The number of aromatic nitrogens is 1. The van der Waals surface area contributed by atoms with E-state index in [4.69, 9.17) is 0 Å². The number of carbonyl (C=O) groups is 1. The summed E-state index contributed by atoms with van der Waals surface area (Å²) in [6, 6.07) is 3.97. The predicted octanol–water partition coefficient (Wildman–Crippen LogP) is 1.12. The zero-order valence-corrected chi connectivity index (χ0v) is 9.54. The SMILES string of the molecule is O=C(CNCc1ccc[nH]1)N1CCCCC1. The van der Waals surface area contributed by atoms with Gasteiger partial charge in [-0.3, -0.25) is 4.79 Å². The third kappa shape index (κ3) is 3.10. The predicted molar refractivity (Wildman–Crippen MR) is 62.9 cm³/mol. The van der Waals surface area contributed by atoms with Gasteiger partial charge in [-0.15, -0.1) is 0 Å². The van der Waals surface area contributed by atoms with Crippen molar-refractivity contribution in [3.63, 3.8) is 0 Å². The van der Waals surface area contributed by atoms with Crippen molar-refractivity contribution in [2.24, 2.45) is 0 Å². The molecule has 1 saturated heterocycles. The third-order valence-electron chi connectivity index (χ3n) is 2.96. The first kappa shape index (κ1) is 11.2. The summed E-state index contributed by atoms with van der Waals surface area (Å²) in [5.41, 5.74) is 1.12. The smallest absolute Gasteiger partial charge is 0.236 e. The van der Waals surface area contributed by atoms with Gasteiger partial charge in [0.2, 0.25) is 5.91 Å². The first-order valence-electron chi connectivity index (χ1n) is 5.97. The van der Waals surface area contributed by atoms with Gasteiger partial charge in [0.15, 0.2) is 0 Å². The van der Waals surface area contributed by atoms with Crippen molar-refractivity contribution in [2.45, 2.75) is 25.8 Å². The summed E-state index contributed by atoms with van der Waals surface area (Å²) in [6.45, 7) is 3.04. The molecule has 1 fully saturated rings. The van der Waals surface area contributed by atoms with E-state index in [1.807, 2.05) is 23.2 Å². The highest BCUT2D eigenvalue weighted by Gasteiger charge is 2.15. The van der Waals surface area contributed by atoms with Crippen LogP contribution in [0.1, 0.15) is 25.0 Å². The van der Waals surface area contributed by atoms with Gasteiger partial charge in [-0.2, -0.15) is 0 Å². The molecule has 0 unspecified atom stereocenters. The van der Waals surface area contributed by atoms with Gasteiger partial charge in [-0.1, -0.05) is 0 Å². The van der Waals surface area contributed by atoms with E-state index in [1.54, 1.807) is 0 Å². The molecular weight excluding hydrogens is 202 g/mol. The molecule has 1 aliphatic rings. The van der Waals surface area contributed by atoms with Crippen LogP contribution in [-0.4, -0.2) is 35.4 Å². The van der Waals surface area contributed by atoms with Crippen LogP contribution >= 0.6 is 0 Å². The van der Waals surface area contributed by atoms with Crippen LogP contribution in [0.15, 0.2) is 18.3 Å². The molecule has 0 radical (unpaired) electrons. The number of amides is 1. The number of H-pyrrole nitrogens is 1. The van der Waals surface area contributed by atoms with Gasteiger partial charge in [-0.25, -0.2) is 0 Å². The lowest BCUT2D eigenvalue weighted by Crippen LogP contribution is -2.40. The van der Waals surface area contributed by atoms with E-state index >= 15 is 0 Å².